The largest absolute Gasteiger partial charge is 0.341 e. The van der Waals surface area contributed by atoms with E-state index < -0.39 is 13.4 Å². The highest BCUT2D eigenvalue weighted by atomic mass is 35.8. The van der Waals surface area contributed by atoms with E-state index in [0.29, 0.717) is 6.04 Å². The van der Waals surface area contributed by atoms with Gasteiger partial charge in [-0.05, 0) is 11.6 Å². The van der Waals surface area contributed by atoms with E-state index in [-0.39, 0.29) is 5.54 Å². The lowest BCUT2D eigenvalue weighted by molar-refractivity contribution is 0.584. The van der Waals surface area contributed by atoms with Crippen molar-refractivity contribution in [1.82, 2.24) is 0 Å². The van der Waals surface area contributed by atoms with Crippen molar-refractivity contribution in [2.24, 2.45) is 0 Å². The van der Waals surface area contributed by atoms with Gasteiger partial charge in [0.05, 0.1) is 0 Å². The van der Waals surface area contributed by atoms with Crippen LogP contribution in [0.25, 0.3) is 0 Å². The van der Waals surface area contributed by atoms with Crippen LogP contribution in [0, 0.1) is 0 Å². The third kappa shape index (κ3) is 12.7. The summed E-state index contributed by atoms with van der Waals surface area (Å²) >= 11 is 29.9. The Morgan fingerprint density at radius 3 is 1.94 bits per heavy atom. The minimum atomic E-state index is -2.58. The van der Waals surface area contributed by atoms with Crippen LogP contribution in [0.1, 0.15) is 51.9 Å². The van der Waals surface area contributed by atoms with Gasteiger partial charge < -0.3 is 0 Å². The van der Waals surface area contributed by atoms with Crippen LogP contribution in [0.15, 0.2) is 0 Å². The molecule has 7 heteroatoms. The van der Waals surface area contributed by atoms with Crippen LogP contribution >= 0.6 is 55.4 Å². The first-order chi connectivity index (χ1) is 7.87. The Kier molecular flexibility index (Phi) is 11.8. The topological polar surface area (TPSA) is 0 Å². The second-order valence-electron chi connectivity index (χ2n) is 4.47. The molecule has 0 N–H and O–H groups in total. The molecule has 0 nitrogen and oxygen atoms in total. The molecule has 0 aliphatic rings. The van der Waals surface area contributed by atoms with E-state index in [1.165, 1.54) is 32.1 Å². The molecule has 1 unspecified atom stereocenters. The maximum Gasteiger partial charge on any atom is 0.341 e. The molecule has 1 atom stereocenters. The summed E-state index contributed by atoms with van der Waals surface area (Å²) in [5, 5.41) is 0. The van der Waals surface area contributed by atoms with Crippen molar-refractivity contribution < 1.29 is 0 Å². The van der Waals surface area contributed by atoms with Gasteiger partial charge in [-0.15, -0.1) is 33.2 Å². The summed E-state index contributed by atoms with van der Waals surface area (Å²) in [6.45, 7) is 2.22. The third-order valence-corrected chi connectivity index (χ3v) is 9.05. The third-order valence-electron chi connectivity index (χ3n) is 2.78. The first-order valence-corrected chi connectivity index (χ1v) is 15.6. The summed E-state index contributed by atoms with van der Waals surface area (Å²) < 4.78 is 0. The quantitative estimate of drug-likeness (QED) is 0.234. The predicted octanol–water partition coefficient (Wildman–Crippen LogP) is 6.46. The first-order valence-electron chi connectivity index (χ1n) is 6.21. The molecule has 0 aliphatic heterocycles. The van der Waals surface area contributed by atoms with Gasteiger partial charge in [-0.3, -0.25) is 0 Å². The molecule has 0 aliphatic carbocycles. The van der Waals surface area contributed by atoms with Crippen LogP contribution < -0.4 is 0 Å². The molecule has 104 valence electrons. The van der Waals surface area contributed by atoms with Crippen molar-refractivity contribution >= 4 is 68.8 Å². The van der Waals surface area contributed by atoms with E-state index in [1.807, 2.05) is 0 Å². The Balaban J connectivity index is 3.71. The molecule has 0 radical (unpaired) electrons. The summed E-state index contributed by atoms with van der Waals surface area (Å²) in [6, 6.07) is -1.96. The monoisotopic (exact) mass is 372 g/mol. The Morgan fingerprint density at radius 1 is 0.941 bits per heavy atom. The van der Waals surface area contributed by atoms with Crippen molar-refractivity contribution in [3.8, 4) is 0 Å². The fourth-order valence-corrected chi connectivity index (χ4v) is 10.3. The lowest BCUT2D eigenvalue weighted by Gasteiger charge is -2.19. The number of hydrogen-bond acceptors (Lipinski definition) is 0. The van der Waals surface area contributed by atoms with Crippen LogP contribution in [0.3, 0.4) is 0 Å². The molecule has 0 rings (SSSR count). The van der Waals surface area contributed by atoms with E-state index in [4.69, 9.17) is 55.4 Å². The smallest absolute Gasteiger partial charge is 0.150 e. The normalized spacial score (nSPS) is 14.3. The molecule has 0 bridgehead atoms. The van der Waals surface area contributed by atoms with E-state index in [1.54, 1.807) is 0 Å². The summed E-state index contributed by atoms with van der Waals surface area (Å²) in [5.41, 5.74) is 0.267. The molecule has 0 heterocycles. The number of rotatable bonds is 10. The minimum Gasteiger partial charge on any atom is -0.150 e. The number of unbranched alkanes of at least 4 members (excludes halogenated alkanes) is 5. The van der Waals surface area contributed by atoms with Crippen molar-refractivity contribution in [2.45, 2.75) is 63.5 Å². The summed E-state index contributed by atoms with van der Waals surface area (Å²) in [7, 11) is -1.72. The summed E-state index contributed by atoms with van der Waals surface area (Å²) in [4.78, 5) is 0. The SMILES string of the molecule is CCCCCCCCC(C[Si](Cl)(Cl)Cl)[SiH](Cl)Cl. The van der Waals surface area contributed by atoms with Gasteiger partial charge in [-0.25, -0.2) is 0 Å². The van der Waals surface area contributed by atoms with Gasteiger partial charge in [-0.2, -0.15) is 22.2 Å². The Labute approximate surface area is 131 Å². The van der Waals surface area contributed by atoms with E-state index in [9.17, 15) is 0 Å². The molecule has 17 heavy (non-hydrogen) atoms. The van der Waals surface area contributed by atoms with Crippen LogP contribution in [0.5, 0.6) is 0 Å². The fourth-order valence-electron chi connectivity index (χ4n) is 1.80. The fraction of sp³-hybridized carbons (Fsp3) is 1.00. The van der Waals surface area contributed by atoms with Crippen LogP contribution in [0.4, 0.5) is 0 Å². The molecule has 0 aromatic carbocycles. The maximum absolute atomic E-state index is 6.06. The summed E-state index contributed by atoms with van der Waals surface area (Å²) in [6.07, 6.45) is 8.65. The highest BCUT2D eigenvalue weighted by molar-refractivity contribution is 7.65. The highest BCUT2D eigenvalue weighted by Crippen LogP contribution is 2.38. The summed E-state index contributed by atoms with van der Waals surface area (Å²) in [5.74, 6) is 0. The van der Waals surface area contributed by atoms with Crippen molar-refractivity contribution in [3.05, 3.63) is 0 Å². The van der Waals surface area contributed by atoms with Gasteiger partial charge in [0.15, 0.2) is 0 Å². The Hall–Kier alpha value is 1.88. The molecule has 0 saturated carbocycles. The molecule has 0 amide bonds. The molecular formula is C10H21Cl5Si2. The standard InChI is InChI=1S/C10H21Cl5Si2/c1-2-3-4-5-6-7-8-10(16(11)12)9-17(13,14)15/h10,16H,2-9H2,1H3. The second kappa shape index (κ2) is 10.6. The molecule has 0 aromatic rings. The first kappa shape index (κ1) is 18.9. The molecule has 0 spiro atoms. The molecular weight excluding hydrogens is 354 g/mol. The maximum atomic E-state index is 6.06. The van der Waals surface area contributed by atoms with Gasteiger partial charge in [0.25, 0.3) is 0 Å². The lowest BCUT2D eigenvalue weighted by Crippen LogP contribution is -2.18. The van der Waals surface area contributed by atoms with E-state index >= 15 is 0 Å². The predicted molar refractivity (Wildman–Crippen MR) is 88.7 cm³/mol. The zero-order valence-corrected chi connectivity index (χ0v) is 16.1. The van der Waals surface area contributed by atoms with E-state index in [0.717, 1.165) is 12.8 Å². The van der Waals surface area contributed by atoms with Crippen molar-refractivity contribution in [1.29, 1.82) is 0 Å². The number of hydrogen-bond donors (Lipinski definition) is 0. The van der Waals surface area contributed by atoms with Crippen molar-refractivity contribution in [2.75, 3.05) is 0 Å². The molecule has 0 fully saturated rings. The lowest BCUT2D eigenvalue weighted by atomic mass is 10.1. The zero-order chi connectivity index (χ0) is 13.3. The van der Waals surface area contributed by atoms with E-state index in [2.05, 4.69) is 6.92 Å². The van der Waals surface area contributed by atoms with Gasteiger partial charge >= 0.3 is 6.00 Å². The van der Waals surface area contributed by atoms with Gasteiger partial charge in [0.1, 0.15) is 0 Å². The van der Waals surface area contributed by atoms with Gasteiger partial charge in [0.2, 0.25) is 7.42 Å². The Morgan fingerprint density at radius 2 is 1.47 bits per heavy atom. The Bertz CT molecular complexity index is 184. The molecule has 0 aromatic heterocycles. The van der Waals surface area contributed by atoms with Gasteiger partial charge in [-0.1, -0.05) is 51.9 Å². The minimum absolute atomic E-state index is 0.267. The van der Waals surface area contributed by atoms with Crippen LogP contribution in [-0.2, 0) is 0 Å². The van der Waals surface area contributed by atoms with Crippen molar-refractivity contribution in [3.63, 3.8) is 0 Å². The average Bonchev–Trinajstić information content (AvgIpc) is 2.19. The van der Waals surface area contributed by atoms with Gasteiger partial charge in [0, 0.05) is 0 Å². The second-order valence-corrected chi connectivity index (χ2v) is 18.8. The van der Waals surface area contributed by atoms with Crippen LogP contribution in [-0.4, -0.2) is 13.4 Å². The number of halogens is 5. The molecule has 0 saturated heterocycles. The van der Waals surface area contributed by atoms with Crippen LogP contribution in [0.2, 0.25) is 11.6 Å². The highest BCUT2D eigenvalue weighted by Gasteiger charge is 2.32. The average molecular weight is 375 g/mol. The zero-order valence-electron chi connectivity index (χ0n) is 10.2.